The molecule has 1 saturated heterocycles. The molecule has 0 aromatic carbocycles. The van der Waals surface area contributed by atoms with Gasteiger partial charge in [-0.3, -0.25) is 14.2 Å². The first-order chi connectivity index (χ1) is 12.8. The molecule has 0 unspecified atom stereocenters. The van der Waals surface area contributed by atoms with Gasteiger partial charge in [0.25, 0.3) is 0 Å². The molecule has 0 aliphatic carbocycles. The number of methoxy groups -OCH3 is 1. The lowest BCUT2D eigenvalue weighted by molar-refractivity contribution is -0.157. The zero-order valence-corrected chi connectivity index (χ0v) is 14.9. The third-order valence-corrected chi connectivity index (χ3v) is 3.94. The van der Waals surface area contributed by atoms with Crippen LogP contribution in [0.5, 0.6) is 5.88 Å². The molecule has 146 valence electrons. The quantitative estimate of drug-likeness (QED) is 0.622. The zero-order chi connectivity index (χ0) is 19.7. The fraction of sp³-hybridized carbons (Fsp3) is 0.533. The number of aromatic nitrogens is 4. The van der Waals surface area contributed by atoms with Crippen LogP contribution in [0.2, 0.25) is 0 Å². The highest BCUT2D eigenvalue weighted by Crippen LogP contribution is 2.34. The van der Waals surface area contributed by atoms with Crippen molar-refractivity contribution in [2.45, 2.75) is 38.4 Å². The van der Waals surface area contributed by atoms with Crippen LogP contribution in [0.25, 0.3) is 11.2 Å². The third-order valence-electron chi connectivity index (χ3n) is 3.94. The summed E-state index contributed by atoms with van der Waals surface area (Å²) < 4.78 is 22.4. The van der Waals surface area contributed by atoms with E-state index in [2.05, 4.69) is 15.0 Å². The molecule has 0 spiro atoms. The van der Waals surface area contributed by atoms with Crippen molar-refractivity contribution in [2.75, 3.05) is 19.5 Å². The number of ether oxygens (including phenoxy) is 4. The fourth-order valence-corrected chi connectivity index (χ4v) is 2.86. The van der Waals surface area contributed by atoms with Gasteiger partial charge in [-0.25, -0.2) is 4.98 Å². The van der Waals surface area contributed by atoms with Gasteiger partial charge in [-0.05, 0) is 0 Å². The summed E-state index contributed by atoms with van der Waals surface area (Å²) in [5.41, 5.74) is 6.27. The Morgan fingerprint density at radius 2 is 2.07 bits per heavy atom. The van der Waals surface area contributed by atoms with Crippen LogP contribution in [0.1, 0.15) is 20.1 Å². The number of esters is 2. The number of hydrogen-bond acceptors (Lipinski definition) is 11. The summed E-state index contributed by atoms with van der Waals surface area (Å²) in [6, 6.07) is 0. The minimum atomic E-state index is -1.27. The maximum absolute atomic E-state index is 11.4. The summed E-state index contributed by atoms with van der Waals surface area (Å²) in [4.78, 5) is 34.7. The summed E-state index contributed by atoms with van der Waals surface area (Å²) in [6.07, 6.45) is -2.84. The molecule has 3 N–H and O–H groups in total. The van der Waals surface area contributed by atoms with Crippen molar-refractivity contribution in [1.82, 2.24) is 19.5 Å². The van der Waals surface area contributed by atoms with E-state index >= 15 is 0 Å². The monoisotopic (exact) mass is 381 g/mol. The summed E-state index contributed by atoms with van der Waals surface area (Å²) in [7, 11) is 1.41. The molecule has 0 bridgehead atoms. The second-order valence-electron chi connectivity index (χ2n) is 5.85. The molecule has 0 radical (unpaired) electrons. The van der Waals surface area contributed by atoms with Crippen LogP contribution in [0.4, 0.5) is 5.95 Å². The predicted octanol–water partition coefficient (Wildman–Crippen LogP) is -0.830. The maximum Gasteiger partial charge on any atom is 0.303 e. The van der Waals surface area contributed by atoms with Gasteiger partial charge >= 0.3 is 11.9 Å². The van der Waals surface area contributed by atoms with E-state index in [0.29, 0.717) is 5.52 Å². The Bertz CT molecular complexity index is 870. The Labute approximate surface area is 153 Å². The van der Waals surface area contributed by atoms with Crippen molar-refractivity contribution in [3.8, 4) is 5.88 Å². The number of nitrogens with zero attached hydrogens (tertiary/aromatic N) is 4. The Hall–Kier alpha value is -2.99. The Kier molecular flexibility index (Phi) is 5.10. The molecule has 2 aromatic rings. The molecule has 1 fully saturated rings. The molecule has 0 amide bonds. The predicted molar refractivity (Wildman–Crippen MR) is 88.4 cm³/mol. The number of imidazole rings is 1. The molecule has 27 heavy (non-hydrogen) atoms. The molecule has 1 aliphatic rings. The van der Waals surface area contributed by atoms with Gasteiger partial charge < -0.3 is 29.8 Å². The number of fused-ring (bicyclic) bond motifs is 1. The zero-order valence-electron chi connectivity index (χ0n) is 14.9. The molecule has 12 heteroatoms. The SMILES string of the molecule is COc1nc(N)nc2c1ncn2[C@@H]1O[C@H](COC(C)=O)[C@@H](OC(C)=O)[C@H]1O. The van der Waals surface area contributed by atoms with Crippen molar-refractivity contribution in [3.63, 3.8) is 0 Å². The molecule has 12 nitrogen and oxygen atoms in total. The second-order valence-corrected chi connectivity index (χ2v) is 5.85. The number of aliphatic hydroxyl groups is 1. The Morgan fingerprint density at radius 3 is 2.70 bits per heavy atom. The van der Waals surface area contributed by atoms with E-state index in [1.165, 1.54) is 31.9 Å². The molecular formula is C15H19N5O7. The van der Waals surface area contributed by atoms with Gasteiger partial charge in [0.2, 0.25) is 11.8 Å². The van der Waals surface area contributed by atoms with E-state index in [1.54, 1.807) is 0 Å². The number of anilines is 1. The van der Waals surface area contributed by atoms with Crippen LogP contribution in [-0.2, 0) is 23.8 Å². The molecule has 2 aromatic heterocycles. The lowest BCUT2D eigenvalue weighted by Gasteiger charge is -2.19. The third kappa shape index (κ3) is 3.61. The summed E-state index contributed by atoms with van der Waals surface area (Å²) in [5.74, 6) is -1.03. The maximum atomic E-state index is 11.4. The number of nitrogens with two attached hydrogens (primary N) is 1. The first kappa shape index (κ1) is 18.8. The van der Waals surface area contributed by atoms with Gasteiger partial charge in [-0.15, -0.1) is 0 Å². The van der Waals surface area contributed by atoms with Crippen LogP contribution in [0.3, 0.4) is 0 Å². The number of rotatable bonds is 5. The van der Waals surface area contributed by atoms with E-state index in [9.17, 15) is 14.7 Å². The topological polar surface area (TPSA) is 161 Å². The fourth-order valence-electron chi connectivity index (χ4n) is 2.86. The van der Waals surface area contributed by atoms with Crippen molar-refractivity contribution < 1.29 is 33.6 Å². The molecular weight excluding hydrogens is 362 g/mol. The number of carbonyl (C=O) groups is 2. The summed E-state index contributed by atoms with van der Waals surface area (Å²) in [6.45, 7) is 2.24. The van der Waals surface area contributed by atoms with E-state index < -0.39 is 36.5 Å². The summed E-state index contributed by atoms with van der Waals surface area (Å²) in [5, 5.41) is 10.7. The van der Waals surface area contributed by atoms with Gasteiger partial charge in [0, 0.05) is 13.8 Å². The van der Waals surface area contributed by atoms with Gasteiger partial charge in [-0.2, -0.15) is 9.97 Å². The average Bonchev–Trinajstić information content (AvgIpc) is 3.14. The molecule has 4 atom stereocenters. The normalized spacial score (nSPS) is 24.7. The molecule has 3 heterocycles. The Morgan fingerprint density at radius 1 is 1.33 bits per heavy atom. The van der Waals surface area contributed by atoms with Crippen LogP contribution >= 0.6 is 0 Å². The van der Waals surface area contributed by atoms with E-state index in [-0.39, 0.29) is 24.1 Å². The molecule has 3 rings (SSSR count). The minimum absolute atomic E-state index is 0.0541. The number of nitrogen functional groups attached to an aromatic ring is 1. The number of hydrogen-bond donors (Lipinski definition) is 2. The highest BCUT2D eigenvalue weighted by atomic mass is 16.6. The lowest BCUT2D eigenvalue weighted by Crippen LogP contribution is -2.38. The standard InChI is InChI=1S/C15H19N5O7/c1-6(21)25-4-8-11(26-7(2)22)10(23)14(27-8)20-5-17-9-12(20)18-15(16)19-13(9)24-3/h5,8,10-11,14,23H,4H2,1-3H3,(H2,16,18,19)/t8-,10-,11-,14-/m1/s1. The highest BCUT2D eigenvalue weighted by molar-refractivity contribution is 5.77. The van der Waals surface area contributed by atoms with Crippen LogP contribution in [-0.4, -0.2) is 68.6 Å². The van der Waals surface area contributed by atoms with Crippen molar-refractivity contribution in [1.29, 1.82) is 0 Å². The molecule has 0 saturated carbocycles. The number of aliphatic hydroxyl groups excluding tert-OH is 1. The molecule has 1 aliphatic heterocycles. The lowest BCUT2D eigenvalue weighted by atomic mass is 10.1. The van der Waals surface area contributed by atoms with Crippen molar-refractivity contribution >= 4 is 29.1 Å². The first-order valence-corrected chi connectivity index (χ1v) is 8.00. The first-order valence-electron chi connectivity index (χ1n) is 8.00. The van der Waals surface area contributed by atoms with Crippen LogP contribution in [0.15, 0.2) is 6.33 Å². The van der Waals surface area contributed by atoms with E-state index in [1.807, 2.05) is 0 Å². The van der Waals surface area contributed by atoms with Gasteiger partial charge in [-0.1, -0.05) is 0 Å². The highest BCUT2D eigenvalue weighted by Gasteiger charge is 2.48. The second kappa shape index (κ2) is 7.32. The van der Waals surface area contributed by atoms with E-state index in [4.69, 9.17) is 24.7 Å². The smallest absolute Gasteiger partial charge is 0.303 e. The van der Waals surface area contributed by atoms with E-state index in [0.717, 1.165) is 0 Å². The Balaban J connectivity index is 1.96. The van der Waals surface area contributed by atoms with Crippen LogP contribution < -0.4 is 10.5 Å². The van der Waals surface area contributed by atoms with Crippen molar-refractivity contribution in [3.05, 3.63) is 6.33 Å². The van der Waals surface area contributed by atoms with Gasteiger partial charge in [0.05, 0.1) is 13.4 Å². The average molecular weight is 381 g/mol. The van der Waals surface area contributed by atoms with Gasteiger partial charge in [0.1, 0.15) is 18.8 Å². The summed E-state index contributed by atoms with van der Waals surface area (Å²) >= 11 is 0. The minimum Gasteiger partial charge on any atom is -0.479 e. The van der Waals surface area contributed by atoms with Crippen LogP contribution in [0, 0.1) is 0 Å². The number of carbonyl (C=O) groups excluding carboxylic acids is 2. The largest absolute Gasteiger partial charge is 0.479 e. The van der Waals surface area contributed by atoms with Crippen molar-refractivity contribution in [2.24, 2.45) is 0 Å². The van der Waals surface area contributed by atoms with Gasteiger partial charge in [0.15, 0.2) is 23.5 Å².